The average Bonchev–Trinajstić information content (AvgIpc) is 3.12. The summed E-state index contributed by atoms with van der Waals surface area (Å²) in [5, 5.41) is 0.959. The van der Waals surface area contributed by atoms with Crippen molar-refractivity contribution in [2.45, 2.75) is 32.7 Å². The van der Waals surface area contributed by atoms with Crippen molar-refractivity contribution in [1.82, 2.24) is 24.4 Å². The molecule has 4 aromatic rings. The minimum Gasteiger partial charge on any atom is -0.489 e. The lowest BCUT2D eigenvalue weighted by atomic mass is 10.0. The van der Waals surface area contributed by atoms with Crippen LogP contribution in [0.15, 0.2) is 54.1 Å². The van der Waals surface area contributed by atoms with Gasteiger partial charge >= 0.3 is 5.69 Å². The first kappa shape index (κ1) is 26.8. The number of fused-ring (bicyclic) bond motifs is 2. The van der Waals surface area contributed by atoms with E-state index in [1.165, 1.54) is 6.08 Å². The van der Waals surface area contributed by atoms with Gasteiger partial charge in [0, 0.05) is 43.2 Å². The predicted molar refractivity (Wildman–Crippen MR) is 160 cm³/mol. The Hall–Kier alpha value is -4.44. The van der Waals surface area contributed by atoms with Gasteiger partial charge in [-0.3, -0.25) is 14.3 Å². The van der Waals surface area contributed by atoms with Crippen molar-refractivity contribution in [2.24, 2.45) is 0 Å². The molecule has 2 N–H and O–H groups in total. The number of benzene rings is 1. The fraction of sp³-hybridized carbons (Fsp3) is 0.300. The number of rotatable bonds is 4. The van der Waals surface area contributed by atoms with Crippen LogP contribution in [0.3, 0.4) is 0 Å². The van der Waals surface area contributed by atoms with E-state index < -0.39 is 5.69 Å². The zero-order valence-corrected chi connectivity index (χ0v) is 23.9. The van der Waals surface area contributed by atoms with Crippen LogP contribution in [-0.4, -0.2) is 62.6 Å². The number of nitrogens with two attached hydrogens (primary N) is 1. The molecule has 6 rings (SSSR count). The van der Waals surface area contributed by atoms with Gasteiger partial charge in [0.15, 0.2) is 5.75 Å². The second kappa shape index (κ2) is 10.2. The highest BCUT2D eigenvalue weighted by Crippen LogP contribution is 2.47. The number of ether oxygens (including phenoxy) is 1. The highest BCUT2D eigenvalue weighted by molar-refractivity contribution is 6.36. The monoisotopic (exact) mass is 571 g/mol. The van der Waals surface area contributed by atoms with E-state index in [1.54, 1.807) is 27.9 Å². The minimum absolute atomic E-state index is 0.0403. The number of halogens is 1. The molecule has 0 unspecified atom stereocenters. The summed E-state index contributed by atoms with van der Waals surface area (Å²) in [6.45, 7) is 11.2. The first-order valence-corrected chi connectivity index (χ1v) is 13.9. The van der Waals surface area contributed by atoms with Crippen LogP contribution in [0.5, 0.6) is 5.75 Å². The zero-order valence-electron chi connectivity index (χ0n) is 23.1. The highest BCUT2D eigenvalue weighted by Gasteiger charge is 2.36. The van der Waals surface area contributed by atoms with Gasteiger partial charge in [0.2, 0.25) is 5.91 Å². The van der Waals surface area contributed by atoms with E-state index in [0.29, 0.717) is 69.8 Å². The maximum Gasteiger partial charge on any atom is 0.354 e. The van der Waals surface area contributed by atoms with Crippen molar-refractivity contribution in [2.75, 3.05) is 36.9 Å². The predicted octanol–water partition coefficient (Wildman–Crippen LogP) is 4.11. The number of nitrogen functional groups attached to an aromatic ring is 1. The smallest absolute Gasteiger partial charge is 0.354 e. The quantitative estimate of drug-likeness (QED) is 0.364. The normalized spacial score (nSPS) is 16.4. The molecule has 1 aromatic carbocycles. The van der Waals surface area contributed by atoms with Crippen molar-refractivity contribution >= 4 is 40.0 Å². The highest BCUT2D eigenvalue weighted by atomic mass is 35.5. The summed E-state index contributed by atoms with van der Waals surface area (Å²) in [7, 11) is 0. The van der Waals surface area contributed by atoms with Gasteiger partial charge in [0.1, 0.15) is 18.2 Å². The number of aromatic nitrogens is 4. The molecule has 0 spiro atoms. The Labute approximate surface area is 242 Å². The zero-order chi connectivity index (χ0) is 29.0. The Morgan fingerprint density at radius 3 is 2.76 bits per heavy atom. The van der Waals surface area contributed by atoms with Crippen molar-refractivity contribution < 1.29 is 9.53 Å². The number of nitrogens with zero attached hydrogens (tertiary/aromatic N) is 6. The van der Waals surface area contributed by atoms with E-state index in [0.717, 1.165) is 11.3 Å². The van der Waals surface area contributed by atoms with Gasteiger partial charge in [-0.25, -0.2) is 9.78 Å². The maximum absolute atomic E-state index is 14.1. The van der Waals surface area contributed by atoms with Gasteiger partial charge in [-0.1, -0.05) is 32.0 Å². The summed E-state index contributed by atoms with van der Waals surface area (Å²) in [6, 6.07) is 7.10. The summed E-state index contributed by atoms with van der Waals surface area (Å²) in [5.41, 5.74) is 9.94. The third-order valence-electron chi connectivity index (χ3n) is 7.77. The number of anilines is 2. The number of hydrogen-bond acceptors (Lipinski definition) is 8. The number of piperazine rings is 1. The Kier molecular flexibility index (Phi) is 6.65. The summed E-state index contributed by atoms with van der Waals surface area (Å²) in [4.78, 5) is 43.8. The van der Waals surface area contributed by atoms with Crippen LogP contribution in [-0.2, 0) is 4.79 Å². The van der Waals surface area contributed by atoms with Gasteiger partial charge in [-0.15, -0.1) is 0 Å². The number of amides is 1. The average molecular weight is 572 g/mol. The number of pyridine rings is 2. The Morgan fingerprint density at radius 1 is 1.22 bits per heavy atom. The lowest BCUT2D eigenvalue weighted by Crippen LogP contribution is -2.56. The number of carbonyl (C=O) groups excluding carboxylic acids is 1. The molecule has 3 aromatic heterocycles. The second-order valence-electron chi connectivity index (χ2n) is 10.6. The van der Waals surface area contributed by atoms with E-state index in [2.05, 4.69) is 21.5 Å². The molecule has 2 aliphatic rings. The molecule has 41 heavy (non-hydrogen) atoms. The Morgan fingerprint density at radius 2 is 2.02 bits per heavy atom. The summed E-state index contributed by atoms with van der Waals surface area (Å²) in [6.07, 6.45) is 4.67. The van der Waals surface area contributed by atoms with E-state index in [1.807, 2.05) is 43.9 Å². The molecular formula is C30H30ClN7O3. The van der Waals surface area contributed by atoms with Crippen LogP contribution in [0, 0.1) is 6.92 Å². The van der Waals surface area contributed by atoms with Crippen molar-refractivity contribution in [3.05, 3.63) is 76.1 Å². The van der Waals surface area contributed by atoms with E-state index in [4.69, 9.17) is 22.1 Å². The molecule has 5 heterocycles. The fourth-order valence-corrected chi connectivity index (χ4v) is 6.09. The van der Waals surface area contributed by atoms with Gasteiger partial charge in [0.25, 0.3) is 0 Å². The standard InChI is InChI=1S/C30H30ClN7O3/c1-5-22(39)36-11-12-37-18(14-36)15-41-27-23-21(13-20(24(27)31)19-7-6-9-34-28(19)32)38(30(40)35-29(23)37)26-17(4)8-10-33-25(26)16(2)3/h5-10,13,16,18H,1,11-12,14-15H2,2-4H3,(H2,32,34)/t18-/m1/s1. The maximum atomic E-state index is 14.1. The molecule has 0 bridgehead atoms. The van der Waals surface area contributed by atoms with Gasteiger partial charge in [0.05, 0.1) is 33.3 Å². The minimum atomic E-state index is -0.450. The Bertz CT molecular complexity index is 1780. The van der Waals surface area contributed by atoms with E-state index in [-0.39, 0.29) is 24.5 Å². The van der Waals surface area contributed by atoms with Crippen LogP contribution < -0.4 is 21.1 Å². The summed E-state index contributed by atoms with van der Waals surface area (Å²) >= 11 is 7.09. The van der Waals surface area contributed by atoms with Crippen LogP contribution in [0.1, 0.15) is 31.0 Å². The number of hydrogen-bond donors (Lipinski definition) is 1. The van der Waals surface area contributed by atoms with Crippen molar-refractivity contribution in [3.63, 3.8) is 0 Å². The van der Waals surface area contributed by atoms with Crippen molar-refractivity contribution in [1.29, 1.82) is 0 Å². The molecule has 1 amide bonds. The fourth-order valence-electron chi connectivity index (χ4n) is 5.78. The Balaban J connectivity index is 1.70. The molecule has 1 saturated heterocycles. The number of aryl methyl sites for hydroxylation is 1. The lowest BCUT2D eigenvalue weighted by molar-refractivity contribution is -0.126. The summed E-state index contributed by atoms with van der Waals surface area (Å²) in [5.74, 6) is 1.07. The van der Waals surface area contributed by atoms with E-state index >= 15 is 0 Å². The molecule has 210 valence electrons. The number of carbonyl (C=O) groups is 1. The molecule has 0 saturated carbocycles. The van der Waals surface area contributed by atoms with Gasteiger partial charge in [-0.05, 0) is 48.7 Å². The van der Waals surface area contributed by atoms with Crippen LogP contribution >= 0.6 is 11.6 Å². The molecule has 10 nitrogen and oxygen atoms in total. The molecule has 1 atom stereocenters. The topological polar surface area (TPSA) is 119 Å². The summed E-state index contributed by atoms with van der Waals surface area (Å²) < 4.78 is 8.06. The lowest BCUT2D eigenvalue weighted by Gasteiger charge is -2.40. The van der Waals surface area contributed by atoms with Crippen molar-refractivity contribution in [3.8, 4) is 22.6 Å². The van der Waals surface area contributed by atoms with Crippen LogP contribution in [0.25, 0.3) is 27.7 Å². The molecule has 0 aliphatic carbocycles. The molecule has 11 heteroatoms. The first-order chi connectivity index (χ1) is 19.7. The molecule has 2 aliphatic heterocycles. The third-order valence-corrected chi connectivity index (χ3v) is 8.15. The van der Waals surface area contributed by atoms with Gasteiger partial charge in [-0.2, -0.15) is 4.98 Å². The van der Waals surface area contributed by atoms with Gasteiger partial charge < -0.3 is 20.3 Å². The van der Waals surface area contributed by atoms with Crippen LogP contribution in [0.4, 0.5) is 11.6 Å². The largest absolute Gasteiger partial charge is 0.489 e. The SMILES string of the molecule is C=CC(=O)N1CCN2c3nc(=O)n(-c4c(C)ccnc4C(C)C)c4cc(-c5cccnc5N)c(Cl)c(c34)OC[C@H]2C1. The first-order valence-electron chi connectivity index (χ1n) is 13.5. The molecular weight excluding hydrogens is 542 g/mol. The molecule has 1 fully saturated rings. The second-order valence-corrected chi connectivity index (χ2v) is 11.0. The third kappa shape index (κ3) is 4.30. The van der Waals surface area contributed by atoms with Crippen LogP contribution in [0.2, 0.25) is 5.02 Å². The van der Waals surface area contributed by atoms with E-state index in [9.17, 15) is 9.59 Å². The molecule has 0 radical (unpaired) electrons.